The minimum absolute atomic E-state index is 0.00394. The van der Waals surface area contributed by atoms with Crippen molar-refractivity contribution in [3.63, 3.8) is 0 Å². The molecule has 166 valence electrons. The maximum absolute atomic E-state index is 12.1. The lowest BCUT2D eigenvalue weighted by molar-refractivity contribution is -0.276. The molecular formula is C19H33N3O7. The van der Waals surface area contributed by atoms with Gasteiger partial charge in [0.05, 0.1) is 24.7 Å². The molecule has 1 rings (SSSR count). The van der Waals surface area contributed by atoms with Crippen molar-refractivity contribution in [1.29, 1.82) is 0 Å². The quantitative estimate of drug-likeness (QED) is 0.170. The van der Waals surface area contributed by atoms with Crippen LogP contribution in [0.2, 0.25) is 0 Å². The average molecular weight is 415 g/mol. The van der Waals surface area contributed by atoms with Crippen LogP contribution in [-0.4, -0.2) is 60.9 Å². The van der Waals surface area contributed by atoms with Crippen molar-refractivity contribution >= 4 is 11.9 Å². The van der Waals surface area contributed by atoms with Gasteiger partial charge >= 0.3 is 11.9 Å². The molecule has 0 aromatic carbocycles. The van der Waals surface area contributed by atoms with Crippen molar-refractivity contribution in [3.05, 3.63) is 10.4 Å². The van der Waals surface area contributed by atoms with Crippen LogP contribution in [0.15, 0.2) is 5.11 Å². The topological polar surface area (TPSA) is 140 Å². The summed E-state index contributed by atoms with van der Waals surface area (Å²) in [6.45, 7) is 7.58. The van der Waals surface area contributed by atoms with Crippen LogP contribution < -0.4 is 0 Å². The molecule has 0 radical (unpaired) electrons. The third kappa shape index (κ3) is 9.45. The van der Waals surface area contributed by atoms with Gasteiger partial charge in [-0.2, -0.15) is 0 Å². The van der Waals surface area contributed by atoms with E-state index in [1.165, 1.54) is 0 Å². The Morgan fingerprint density at radius 1 is 1.38 bits per heavy atom. The largest absolute Gasteiger partial charge is 0.466 e. The van der Waals surface area contributed by atoms with Gasteiger partial charge in [0.2, 0.25) is 0 Å². The maximum atomic E-state index is 12.1. The van der Waals surface area contributed by atoms with Gasteiger partial charge in [0.25, 0.3) is 0 Å². The molecule has 0 aliphatic carbocycles. The van der Waals surface area contributed by atoms with Gasteiger partial charge in [-0.25, -0.2) is 0 Å². The summed E-state index contributed by atoms with van der Waals surface area (Å²) in [5.41, 5.74) is 8.33. The number of carbonyl (C=O) groups excluding carboxylic acids is 2. The van der Waals surface area contributed by atoms with Gasteiger partial charge in [0.1, 0.15) is 12.2 Å². The predicted molar refractivity (Wildman–Crippen MR) is 104 cm³/mol. The first-order valence-electron chi connectivity index (χ1n) is 10.1. The zero-order valence-corrected chi connectivity index (χ0v) is 17.7. The molecule has 0 spiro atoms. The first-order valence-corrected chi connectivity index (χ1v) is 10.1. The first kappa shape index (κ1) is 25.2. The Kier molecular flexibility index (Phi) is 11.6. The standard InChI is InChI=1S/C19H33N3O7/c1-5-6-9-26-17(24)8-7-13(3)27-19-15(23)10-16(14(4)28-19)29-18(25)12(2)11-21-22-20/h12-16,19,23H,5-11H2,1-4H3/t12-,13-,14?,15+,16-,19-/m1/s1. The molecule has 1 unspecified atom stereocenters. The Morgan fingerprint density at radius 2 is 2.10 bits per heavy atom. The van der Waals surface area contributed by atoms with E-state index in [4.69, 9.17) is 24.5 Å². The van der Waals surface area contributed by atoms with E-state index in [1.807, 2.05) is 6.92 Å². The molecule has 10 heteroatoms. The zero-order valence-electron chi connectivity index (χ0n) is 17.7. The Bertz CT molecular complexity index is 568. The summed E-state index contributed by atoms with van der Waals surface area (Å²) >= 11 is 0. The van der Waals surface area contributed by atoms with E-state index in [9.17, 15) is 14.7 Å². The van der Waals surface area contributed by atoms with E-state index in [0.29, 0.717) is 13.0 Å². The van der Waals surface area contributed by atoms with E-state index in [2.05, 4.69) is 10.0 Å². The first-order chi connectivity index (χ1) is 13.8. The summed E-state index contributed by atoms with van der Waals surface area (Å²) in [7, 11) is 0. The number of carbonyl (C=O) groups is 2. The number of hydrogen-bond acceptors (Lipinski definition) is 8. The smallest absolute Gasteiger partial charge is 0.309 e. The molecule has 6 atom stereocenters. The Labute approximate surface area is 171 Å². The highest BCUT2D eigenvalue weighted by Crippen LogP contribution is 2.25. The number of esters is 2. The van der Waals surface area contributed by atoms with E-state index < -0.39 is 36.5 Å². The number of aliphatic hydroxyl groups excluding tert-OH is 1. The maximum Gasteiger partial charge on any atom is 0.309 e. The zero-order chi connectivity index (χ0) is 21.8. The van der Waals surface area contributed by atoms with Crippen LogP contribution in [-0.2, 0) is 28.5 Å². The highest BCUT2D eigenvalue weighted by atomic mass is 16.7. The minimum Gasteiger partial charge on any atom is -0.466 e. The molecule has 29 heavy (non-hydrogen) atoms. The summed E-state index contributed by atoms with van der Waals surface area (Å²) in [6, 6.07) is 0. The molecule has 1 aliphatic rings. The predicted octanol–water partition coefficient (Wildman–Crippen LogP) is 2.87. The minimum atomic E-state index is -0.976. The van der Waals surface area contributed by atoms with E-state index in [0.717, 1.165) is 12.8 Å². The number of unbranched alkanes of at least 4 members (excludes halogenated alkanes) is 1. The van der Waals surface area contributed by atoms with E-state index in [1.54, 1.807) is 20.8 Å². The van der Waals surface area contributed by atoms with Crippen LogP contribution in [0.4, 0.5) is 0 Å². The van der Waals surface area contributed by atoms with Gasteiger partial charge in [-0.1, -0.05) is 25.4 Å². The molecule has 1 saturated heterocycles. The third-order valence-corrected chi connectivity index (χ3v) is 4.63. The molecule has 10 nitrogen and oxygen atoms in total. The fourth-order valence-electron chi connectivity index (χ4n) is 2.72. The Morgan fingerprint density at radius 3 is 2.76 bits per heavy atom. The summed E-state index contributed by atoms with van der Waals surface area (Å²) in [4.78, 5) is 26.3. The lowest BCUT2D eigenvalue weighted by Crippen LogP contribution is -2.50. The molecule has 1 fully saturated rings. The molecule has 1 aliphatic heterocycles. The van der Waals surface area contributed by atoms with Crippen LogP contribution >= 0.6 is 0 Å². The van der Waals surface area contributed by atoms with Gasteiger partial charge in [-0.05, 0) is 32.2 Å². The molecule has 1 N–H and O–H groups in total. The van der Waals surface area contributed by atoms with Gasteiger partial charge < -0.3 is 24.1 Å². The summed E-state index contributed by atoms with van der Waals surface area (Å²) in [6.07, 6.45) is -0.630. The van der Waals surface area contributed by atoms with Gasteiger partial charge in [0, 0.05) is 24.3 Å². The van der Waals surface area contributed by atoms with Crippen LogP contribution in [0.3, 0.4) is 0 Å². The molecule has 0 bridgehead atoms. The fraction of sp³-hybridized carbons (Fsp3) is 0.895. The summed E-state index contributed by atoms with van der Waals surface area (Å²) in [5, 5.41) is 13.7. The van der Waals surface area contributed by atoms with Crippen LogP contribution in [0, 0.1) is 5.92 Å². The lowest BCUT2D eigenvalue weighted by Gasteiger charge is -2.38. The lowest BCUT2D eigenvalue weighted by atomic mass is 10.0. The van der Waals surface area contributed by atoms with Crippen molar-refractivity contribution in [2.45, 2.75) is 90.5 Å². The monoisotopic (exact) mass is 415 g/mol. The molecular weight excluding hydrogens is 382 g/mol. The van der Waals surface area contributed by atoms with Crippen LogP contribution in [0.25, 0.3) is 10.4 Å². The van der Waals surface area contributed by atoms with Gasteiger partial charge in [-0.3, -0.25) is 9.59 Å². The average Bonchev–Trinajstić information content (AvgIpc) is 2.68. The summed E-state index contributed by atoms with van der Waals surface area (Å²) in [5.74, 6) is -1.37. The van der Waals surface area contributed by atoms with Crippen molar-refractivity contribution in [2.75, 3.05) is 13.2 Å². The molecule has 0 amide bonds. The number of ether oxygens (including phenoxy) is 4. The highest BCUT2D eigenvalue weighted by Gasteiger charge is 2.39. The van der Waals surface area contributed by atoms with E-state index >= 15 is 0 Å². The number of azide groups is 1. The molecule has 0 saturated carbocycles. The highest BCUT2D eigenvalue weighted by molar-refractivity contribution is 5.72. The Balaban J connectivity index is 2.41. The summed E-state index contributed by atoms with van der Waals surface area (Å²) < 4.78 is 21.9. The van der Waals surface area contributed by atoms with Crippen LogP contribution in [0.5, 0.6) is 0 Å². The number of nitrogens with zero attached hydrogens (tertiary/aromatic N) is 3. The second kappa shape index (κ2) is 13.4. The second-order valence-corrected chi connectivity index (χ2v) is 7.36. The SMILES string of the molecule is CCCCOC(=O)CC[C@@H](C)O[C@@H]1OC(C)[C@H](OC(=O)[C@H](C)CN=[N+]=[N-])C[C@@H]1O. The second-order valence-electron chi connectivity index (χ2n) is 7.36. The normalized spacial score (nSPS) is 26.1. The van der Waals surface area contributed by atoms with Crippen molar-refractivity contribution < 1.29 is 33.6 Å². The van der Waals surface area contributed by atoms with Crippen LogP contribution in [0.1, 0.15) is 59.8 Å². The Hall–Kier alpha value is -1.87. The van der Waals surface area contributed by atoms with Crippen molar-refractivity contribution in [2.24, 2.45) is 11.0 Å². The fourth-order valence-corrected chi connectivity index (χ4v) is 2.72. The number of hydrogen-bond donors (Lipinski definition) is 1. The van der Waals surface area contributed by atoms with E-state index in [-0.39, 0.29) is 31.5 Å². The van der Waals surface area contributed by atoms with Crippen molar-refractivity contribution in [1.82, 2.24) is 0 Å². The molecule has 0 aromatic rings. The molecule has 0 aromatic heterocycles. The third-order valence-electron chi connectivity index (χ3n) is 4.63. The van der Waals surface area contributed by atoms with Gasteiger partial charge in [-0.15, -0.1) is 0 Å². The van der Waals surface area contributed by atoms with Gasteiger partial charge in [0.15, 0.2) is 6.29 Å². The number of rotatable bonds is 12. The van der Waals surface area contributed by atoms with Crippen molar-refractivity contribution in [3.8, 4) is 0 Å². The molecule has 1 heterocycles. The number of aliphatic hydroxyl groups is 1.